The van der Waals surface area contributed by atoms with E-state index < -0.39 is 0 Å². The zero-order chi connectivity index (χ0) is 8.39. The second-order valence-corrected chi connectivity index (χ2v) is 3.17. The quantitative estimate of drug-likeness (QED) is 0.699. The van der Waals surface area contributed by atoms with Gasteiger partial charge in [0.1, 0.15) is 0 Å². The van der Waals surface area contributed by atoms with Crippen LogP contribution in [0.2, 0.25) is 0 Å². The van der Waals surface area contributed by atoms with E-state index >= 15 is 0 Å². The van der Waals surface area contributed by atoms with Gasteiger partial charge in [0.25, 0.3) is 0 Å². The van der Waals surface area contributed by atoms with E-state index in [0.717, 1.165) is 0 Å². The molecule has 1 aromatic rings. The lowest BCUT2D eigenvalue weighted by Gasteiger charge is -1.98. The largest absolute Gasteiger partial charge is 0.388 e. The Bertz CT molecular complexity index is 289. The van der Waals surface area contributed by atoms with Crippen LogP contribution in [0.15, 0.2) is 29.8 Å². The van der Waals surface area contributed by atoms with Gasteiger partial charge >= 0.3 is 0 Å². The van der Waals surface area contributed by atoms with Gasteiger partial charge in [-0.15, -0.1) is 0 Å². The molecule has 0 aliphatic heterocycles. The van der Waals surface area contributed by atoms with Crippen molar-refractivity contribution in [3.8, 4) is 0 Å². The van der Waals surface area contributed by atoms with Crippen molar-refractivity contribution in [2.75, 3.05) is 12.4 Å². The van der Waals surface area contributed by atoms with Crippen molar-refractivity contribution in [2.24, 2.45) is 0 Å². The van der Waals surface area contributed by atoms with Crippen molar-refractivity contribution in [1.82, 2.24) is 0 Å². The van der Waals surface area contributed by atoms with E-state index in [1.54, 1.807) is 5.57 Å². The van der Waals surface area contributed by atoms with E-state index in [9.17, 15) is 0 Å². The minimum atomic E-state index is 1.17. The first kappa shape index (κ1) is 7.41. The van der Waals surface area contributed by atoms with E-state index in [4.69, 9.17) is 0 Å². The summed E-state index contributed by atoms with van der Waals surface area (Å²) in [5.41, 5.74) is 4.07. The molecular formula is C11H13N. The van der Waals surface area contributed by atoms with Gasteiger partial charge in [0.2, 0.25) is 0 Å². The number of nitrogens with one attached hydrogen (secondary N) is 1. The molecule has 62 valence electrons. The SMILES string of the molecule is CNc1ccc(C=C2CC2)cc1. The zero-order valence-corrected chi connectivity index (χ0v) is 7.30. The molecule has 12 heavy (non-hydrogen) atoms. The minimum absolute atomic E-state index is 1.17. The number of anilines is 1. The highest BCUT2D eigenvalue weighted by Gasteiger charge is 2.09. The van der Waals surface area contributed by atoms with Crippen LogP contribution in [0.1, 0.15) is 18.4 Å². The topological polar surface area (TPSA) is 12.0 Å². The van der Waals surface area contributed by atoms with Crippen LogP contribution >= 0.6 is 0 Å². The van der Waals surface area contributed by atoms with E-state index in [0.29, 0.717) is 0 Å². The molecule has 1 nitrogen and oxygen atoms in total. The summed E-state index contributed by atoms with van der Waals surface area (Å²) in [5.74, 6) is 0. The molecule has 0 aromatic heterocycles. The van der Waals surface area contributed by atoms with Crippen molar-refractivity contribution in [1.29, 1.82) is 0 Å². The molecule has 1 aliphatic rings. The van der Waals surface area contributed by atoms with Crippen LogP contribution in [0, 0.1) is 0 Å². The highest BCUT2D eigenvalue weighted by Crippen LogP contribution is 2.30. The summed E-state index contributed by atoms with van der Waals surface area (Å²) in [7, 11) is 1.94. The number of hydrogen-bond donors (Lipinski definition) is 1. The molecule has 0 saturated heterocycles. The van der Waals surface area contributed by atoms with Crippen LogP contribution < -0.4 is 5.32 Å². The first-order valence-electron chi connectivity index (χ1n) is 4.36. The molecule has 1 N–H and O–H groups in total. The Morgan fingerprint density at radius 2 is 1.83 bits per heavy atom. The Kier molecular flexibility index (Phi) is 1.86. The van der Waals surface area contributed by atoms with Crippen LogP contribution in [0.3, 0.4) is 0 Å². The zero-order valence-electron chi connectivity index (χ0n) is 7.30. The Labute approximate surface area is 73.1 Å². The Morgan fingerprint density at radius 1 is 1.17 bits per heavy atom. The van der Waals surface area contributed by atoms with Gasteiger partial charge in [0.05, 0.1) is 0 Å². The fourth-order valence-corrected chi connectivity index (χ4v) is 1.20. The van der Waals surface area contributed by atoms with Crippen molar-refractivity contribution < 1.29 is 0 Å². The van der Waals surface area contributed by atoms with Crippen LogP contribution in [-0.4, -0.2) is 7.05 Å². The van der Waals surface area contributed by atoms with Gasteiger partial charge in [-0.1, -0.05) is 23.8 Å². The van der Waals surface area contributed by atoms with Crippen molar-refractivity contribution in [3.05, 3.63) is 35.4 Å². The first-order chi connectivity index (χ1) is 5.88. The van der Waals surface area contributed by atoms with Gasteiger partial charge in [-0.2, -0.15) is 0 Å². The molecular weight excluding hydrogens is 146 g/mol. The molecule has 1 aromatic carbocycles. The molecule has 1 aliphatic carbocycles. The molecule has 0 radical (unpaired) electrons. The highest BCUT2D eigenvalue weighted by molar-refractivity contribution is 5.59. The summed E-state index contributed by atoms with van der Waals surface area (Å²) in [6, 6.07) is 8.51. The monoisotopic (exact) mass is 159 g/mol. The summed E-state index contributed by atoms with van der Waals surface area (Å²) in [6.45, 7) is 0. The van der Waals surface area contributed by atoms with Crippen molar-refractivity contribution in [3.63, 3.8) is 0 Å². The normalized spacial score (nSPS) is 14.2. The lowest BCUT2D eigenvalue weighted by Crippen LogP contribution is -1.86. The molecule has 0 amide bonds. The molecule has 1 heteroatoms. The van der Waals surface area contributed by atoms with Gasteiger partial charge < -0.3 is 5.32 Å². The average Bonchev–Trinajstić information content (AvgIpc) is 2.90. The highest BCUT2D eigenvalue weighted by atomic mass is 14.8. The maximum absolute atomic E-state index is 3.10. The second kappa shape index (κ2) is 3.02. The molecule has 0 unspecified atom stereocenters. The third-order valence-electron chi connectivity index (χ3n) is 2.11. The summed E-state index contributed by atoms with van der Waals surface area (Å²) in [6.07, 6.45) is 4.88. The number of allylic oxidation sites excluding steroid dienone is 1. The van der Waals surface area contributed by atoms with Crippen LogP contribution in [-0.2, 0) is 0 Å². The van der Waals surface area contributed by atoms with Crippen LogP contribution in [0.4, 0.5) is 5.69 Å². The summed E-state index contributed by atoms with van der Waals surface area (Å²) < 4.78 is 0. The average molecular weight is 159 g/mol. The number of hydrogen-bond acceptors (Lipinski definition) is 1. The Hall–Kier alpha value is -1.24. The maximum Gasteiger partial charge on any atom is 0.0337 e. The minimum Gasteiger partial charge on any atom is -0.388 e. The van der Waals surface area contributed by atoms with Gasteiger partial charge in [-0.25, -0.2) is 0 Å². The molecule has 1 saturated carbocycles. The Balaban J connectivity index is 2.18. The fourth-order valence-electron chi connectivity index (χ4n) is 1.20. The van der Waals surface area contributed by atoms with E-state index in [1.807, 2.05) is 7.05 Å². The van der Waals surface area contributed by atoms with Gasteiger partial charge in [0, 0.05) is 12.7 Å². The summed E-state index contributed by atoms with van der Waals surface area (Å²) >= 11 is 0. The predicted molar refractivity (Wildman–Crippen MR) is 53.2 cm³/mol. The van der Waals surface area contributed by atoms with E-state index in [-0.39, 0.29) is 0 Å². The van der Waals surface area contributed by atoms with Gasteiger partial charge in [-0.3, -0.25) is 0 Å². The predicted octanol–water partition coefficient (Wildman–Crippen LogP) is 2.91. The van der Waals surface area contributed by atoms with E-state index in [1.165, 1.54) is 24.1 Å². The number of benzene rings is 1. The van der Waals surface area contributed by atoms with Crippen LogP contribution in [0.25, 0.3) is 6.08 Å². The van der Waals surface area contributed by atoms with Crippen LogP contribution in [0.5, 0.6) is 0 Å². The third-order valence-corrected chi connectivity index (χ3v) is 2.11. The second-order valence-electron chi connectivity index (χ2n) is 3.17. The van der Waals surface area contributed by atoms with Crippen molar-refractivity contribution >= 4 is 11.8 Å². The van der Waals surface area contributed by atoms with Gasteiger partial charge in [0.15, 0.2) is 0 Å². The standard InChI is InChI=1S/C11H13N/c1-12-11-6-4-10(5-7-11)8-9-2-3-9/h4-8,12H,2-3H2,1H3. The molecule has 0 heterocycles. The molecule has 0 atom stereocenters. The smallest absolute Gasteiger partial charge is 0.0337 e. The molecule has 2 rings (SSSR count). The lowest BCUT2D eigenvalue weighted by molar-refractivity contribution is 1.50. The molecule has 0 spiro atoms. The summed E-state index contributed by atoms with van der Waals surface area (Å²) in [4.78, 5) is 0. The third kappa shape index (κ3) is 1.67. The van der Waals surface area contributed by atoms with Crippen molar-refractivity contribution in [2.45, 2.75) is 12.8 Å². The summed E-state index contributed by atoms with van der Waals surface area (Å²) in [5, 5.41) is 3.10. The lowest BCUT2D eigenvalue weighted by atomic mass is 10.2. The molecule has 1 fully saturated rings. The maximum atomic E-state index is 3.10. The number of rotatable bonds is 2. The van der Waals surface area contributed by atoms with E-state index in [2.05, 4.69) is 35.7 Å². The Morgan fingerprint density at radius 3 is 2.33 bits per heavy atom. The van der Waals surface area contributed by atoms with Gasteiger partial charge in [-0.05, 0) is 30.5 Å². The molecule has 0 bridgehead atoms. The first-order valence-corrected chi connectivity index (χ1v) is 4.36. The fraction of sp³-hybridized carbons (Fsp3) is 0.273.